The van der Waals surface area contributed by atoms with E-state index < -0.39 is 35.4 Å². The van der Waals surface area contributed by atoms with E-state index in [1.165, 1.54) is 4.90 Å². The fraction of sp³-hybridized carbons (Fsp3) is 0.409. The summed E-state index contributed by atoms with van der Waals surface area (Å²) in [7, 11) is 0. The van der Waals surface area contributed by atoms with Crippen molar-refractivity contribution in [3.05, 3.63) is 101 Å². The number of aromatic nitrogens is 1. The summed E-state index contributed by atoms with van der Waals surface area (Å²) in [6.45, 7) is 9.91. The van der Waals surface area contributed by atoms with Crippen LogP contribution in [-0.4, -0.2) is 81.9 Å². The standard InChI is InChI=1S/C44H54N6O7S/c1-27-40(58-26-48-27)33-15-9-29(10-16-33)22-46-42(55)37-21-35(52)23-50(37)43(56)41(44(3,4)5)49-39(54)20-31-7-6-8-34(19-31)32-13-11-30(12-14-32)24-57-28(2)36(47-25-51)17-18-38(45)53/h6-16,19,25-26,28,35-37,41,52H,17-18,20-24H2,1-5H3,(H2,45,53)(H,46,55)(H,47,51)(H,49,54)/t28-,35-,36+,37+,41?/m1/s1. The first-order valence-electron chi connectivity index (χ1n) is 19.5. The predicted octanol–water partition coefficient (Wildman–Crippen LogP) is 4.42. The number of primary amides is 1. The van der Waals surface area contributed by atoms with Crippen LogP contribution in [0.1, 0.15) is 69.3 Å². The number of ether oxygens (including phenoxy) is 1. The molecule has 0 spiro atoms. The van der Waals surface area contributed by atoms with Gasteiger partial charge in [-0.05, 0) is 59.1 Å². The van der Waals surface area contributed by atoms with E-state index in [0.717, 1.165) is 44.0 Å². The number of carbonyl (C=O) groups is 5. The van der Waals surface area contributed by atoms with E-state index in [1.54, 1.807) is 11.3 Å². The van der Waals surface area contributed by atoms with E-state index in [9.17, 15) is 29.1 Å². The zero-order valence-corrected chi connectivity index (χ0v) is 34.5. The Morgan fingerprint density at radius 1 is 1.00 bits per heavy atom. The lowest BCUT2D eigenvalue weighted by Crippen LogP contribution is -2.58. The van der Waals surface area contributed by atoms with Gasteiger partial charge in [0.05, 0.1) is 47.4 Å². The number of nitrogens with zero attached hydrogens (tertiary/aromatic N) is 2. The smallest absolute Gasteiger partial charge is 0.246 e. The van der Waals surface area contributed by atoms with Gasteiger partial charge in [0.15, 0.2) is 0 Å². The van der Waals surface area contributed by atoms with Crippen LogP contribution in [0.15, 0.2) is 78.3 Å². The lowest BCUT2D eigenvalue weighted by molar-refractivity contribution is -0.144. The summed E-state index contributed by atoms with van der Waals surface area (Å²) < 4.78 is 5.98. The van der Waals surface area contributed by atoms with Crippen molar-refractivity contribution >= 4 is 41.4 Å². The monoisotopic (exact) mass is 810 g/mol. The van der Waals surface area contributed by atoms with Gasteiger partial charge >= 0.3 is 0 Å². The van der Waals surface area contributed by atoms with Crippen molar-refractivity contribution in [3.8, 4) is 21.6 Å². The second-order valence-electron chi connectivity index (χ2n) is 15.9. The predicted molar refractivity (Wildman–Crippen MR) is 223 cm³/mol. The fourth-order valence-electron chi connectivity index (χ4n) is 7.01. The molecule has 5 amide bonds. The van der Waals surface area contributed by atoms with Gasteiger partial charge in [0.2, 0.25) is 30.0 Å². The topological polar surface area (TPSA) is 193 Å². The van der Waals surface area contributed by atoms with Crippen molar-refractivity contribution in [2.75, 3.05) is 6.54 Å². The molecule has 14 heteroatoms. The number of amides is 5. The first-order chi connectivity index (χ1) is 27.6. The van der Waals surface area contributed by atoms with Crippen LogP contribution >= 0.6 is 11.3 Å². The number of aryl methyl sites for hydroxylation is 1. The molecule has 0 saturated carbocycles. The summed E-state index contributed by atoms with van der Waals surface area (Å²) in [5.41, 5.74) is 12.8. The number of hydrogen-bond acceptors (Lipinski definition) is 9. The van der Waals surface area contributed by atoms with Crippen LogP contribution in [0.2, 0.25) is 0 Å². The highest BCUT2D eigenvalue weighted by Crippen LogP contribution is 2.29. The second-order valence-corrected chi connectivity index (χ2v) is 16.8. The SMILES string of the molecule is Cc1ncsc1-c1ccc(CNC(=O)[C@@H]2C[C@@H](O)CN2C(=O)C(NC(=O)Cc2cccc(-c3ccc(CO[C@H](C)[C@H](CCC(N)=O)NC=O)cc3)c2)C(C)(C)C)cc1. The summed E-state index contributed by atoms with van der Waals surface area (Å²) >= 11 is 1.57. The molecule has 13 nitrogen and oxygen atoms in total. The molecule has 3 aromatic carbocycles. The molecule has 58 heavy (non-hydrogen) atoms. The molecule has 5 atom stereocenters. The number of benzene rings is 3. The van der Waals surface area contributed by atoms with Crippen molar-refractivity contribution in [2.45, 2.75) is 104 Å². The highest BCUT2D eigenvalue weighted by atomic mass is 32.1. The Morgan fingerprint density at radius 2 is 1.69 bits per heavy atom. The van der Waals surface area contributed by atoms with Gasteiger partial charge in [-0.15, -0.1) is 11.3 Å². The van der Waals surface area contributed by atoms with Crippen LogP contribution in [-0.2, 0) is 48.3 Å². The molecule has 1 aliphatic rings. The number of aliphatic hydroxyl groups excluding tert-OH is 1. The minimum atomic E-state index is -0.948. The number of thiazole rings is 1. The highest BCUT2D eigenvalue weighted by molar-refractivity contribution is 7.13. The molecular weight excluding hydrogens is 757 g/mol. The molecule has 0 radical (unpaired) electrons. The Morgan fingerprint density at radius 3 is 2.33 bits per heavy atom. The number of nitrogens with two attached hydrogens (primary N) is 1. The summed E-state index contributed by atoms with van der Waals surface area (Å²) in [5, 5.41) is 19.2. The first kappa shape index (κ1) is 43.7. The Bertz CT molecular complexity index is 2050. The van der Waals surface area contributed by atoms with E-state index in [1.807, 2.05) is 113 Å². The van der Waals surface area contributed by atoms with Gasteiger partial charge in [-0.1, -0.05) is 93.6 Å². The minimum Gasteiger partial charge on any atom is -0.391 e. The van der Waals surface area contributed by atoms with Gasteiger partial charge in [0.1, 0.15) is 12.1 Å². The Labute approximate surface area is 343 Å². The molecular formula is C44H54N6O7S. The molecule has 1 aromatic heterocycles. The molecule has 1 saturated heterocycles. The quantitative estimate of drug-likeness (QED) is 0.0912. The number of aliphatic hydroxyl groups is 1. The zero-order valence-electron chi connectivity index (χ0n) is 33.7. The third-order valence-corrected chi connectivity index (χ3v) is 11.3. The van der Waals surface area contributed by atoms with Crippen LogP contribution in [0, 0.1) is 12.3 Å². The molecule has 0 aliphatic carbocycles. The van der Waals surface area contributed by atoms with Gasteiger partial charge in [-0.3, -0.25) is 24.0 Å². The van der Waals surface area contributed by atoms with Gasteiger partial charge < -0.3 is 36.4 Å². The van der Waals surface area contributed by atoms with Crippen LogP contribution in [0.5, 0.6) is 0 Å². The third kappa shape index (κ3) is 11.8. The summed E-state index contributed by atoms with van der Waals surface area (Å²) in [6, 6.07) is 21.1. The number of likely N-dealkylation sites (tertiary alicyclic amines) is 1. The maximum absolute atomic E-state index is 14.1. The molecule has 5 rings (SSSR count). The van der Waals surface area contributed by atoms with Crippen LogP contribution in [0.4, 0.5) is 0 Å². The zero-order chi connectivity index (χ0) is 42.0. The van der Waals surface area contributed by atoms with Crippen molar-refractivity contribution in [2.24, 2.45) is 11.1 Å². The Balaban J connectivity index is 1.17. The Kier molecular flexibility index (Phi) is 14.9. The number of rotatable bonds is 18. The average Bonchev–Trinajstić information content (AvgIpc) is 3.81. The number of carbonyl (C=O) groups excluding carboxylic acids is 5. The van der Waals surface area contributed by atoms with Crippen LogP contribution in [0.3, 0.4) is 0 Å². The van der Waals surface area contributed by atoms with Gasteiger partial charge in [-0.25, -0.2) is 4.98 Å². The van der Waals surface area contributed by atoms with Crippen molar-refractivity contribution < 1.29 is 33.8 Å². The fourth-order valence-corrected chi connectivity index (χ4v) is 7.83. The normalized spacial score (nSPS) is 16.9. The number of hydrogen-bond donors (Lipinski definition) is 5. The van der Waals surface area contributed by atoms with E-state index >= 15 is 0 Å². The maximum Gasteiger partial charge on any atom is 0.246 e. The molecule has 0 bridgehead atoms. The van der Waals surface area contributed by atoms with E-state index in [-0.39, 0.29) is 56.3 Å². The molecule has 1 fully saturated rings. The van der Waals surface area contributed by atoms with Gasteiger partial charge in [0, 0.05) is 25.9 Å². The summed E-state index contributed by atoms with van der Waals surface area (Å²) in [5.74, 6) is -1.57. The Hall–Kier alpha value is -5.44. The van der Waals surface area contributed by atoms with Crippen LogP contribution in [0.25, 0.3) is 21.6 Å². The van der Waals surface area contributed by atoms with Crippen molar-refractivity contribution in [1.29, 1.82) is 0 Å². The van der Waals surface area contributed by atoms with E-state index in [4.69, 9.17) is 10.5 Å². The highest BCUT2D eigenvalue weighted by Gasteiger charge is 2.44. The van der Waals surface area contributed by atoms with Gasteiger partial charge in [0.25, 0.3) is 0 Å². The van der Waals surface area contributed by atoms with Crippen molar-refractivity contribution in [1.82, 2.24) is 25.8 Å². The average molecular weight is 811 g/mol. The molecule has 4 aromatic rings. The minimum absolute atomic E-state index is 0.0108. The molecule has 2 heterocycles. The molecule has 6 N–H and O–H groups in total. The molecule has 1 unspecified atom stereocenters. The summed E-state index contributed by atoms with van der Waals surface area (Å²) in [4.78, 5) is 70.2. The molecule has 308 valence electrons. The van der Waals surface area contributed by atoms with E-state index in [0.29, 0.717) is 19.4 Å². The molecule has 1 aliphatic heterocycles. The number of nitrogens with one attached hydrogen (secondary N) is 3. The summed E-state index contributed by atoms with van der Waals surface area (Å²) in [6.07, 6.45) is 0.0173. The van der Waals surface area contributed by atoms with E-state index in [2.05, 4.69) is 20.9 Å². The van der Waals surface area contributed by atoms with Crippen molar-refractivity contribution in [3.63, 3.8) is 0 Å². The largest absolute Gasteiger partial charge is 0.391 e. The van der Waals surface area contributed by atoms with Crippen LogP contribution < -0.4 is 21.7 Å². The second kappa shape index (κ2) is 19.8. The lowest BCUT2D eigenvalue weighted by atomic mass is 9.85. The van der Waals surface area contributed by atoms with Gasteiger partial charge in [-0.2, -0.15) is 0 Å². The first-order valence-corrected chi connectivity index (χ1v) is 20.3. The third-order valence-electron chi connectivity index (χ3n) is 10.4. The lowest BCUT2D eigenvalue weighted by Gasteiger charge is -2.35. The number of β-amino-alcohol motifs (C(OH)–C–C–N with tert-alkyl or cyclic N) is 1. The maximum atomic E-state index is 14.1.